The topological polar surface area (TPSA) is 18.5 Å². The maximum Gasteiger partial charge on any atom is 0.157 e. The molecule has 2 rings (SSSR count). The van der Waals surface area contributed by atoms with Crippen LogP contribution in [0.2, 0.25) is 0 Å². The first-order chi connectivity index (χ1) is 13.0. The molecule has 0 aliphatic carbocycles. The van der Waals surface area contributed by atoms with Gasteiger partial charge in [-0.2, -0.15) is 0 Å². The van der Waals surface area contributed by atoms with E-state index in [1.807, 2.05) is 0 Å². The molecule has 27 heavy (non-hydrogen) atoms. The van der Waals surface area contributed by atoms with E-state index < -0.39 is 0 Å². The molecule has 2 aliphatic rings. The molecule has 2 saturated heterocycles. The molecular formula is C23H38O2S2. The van der Waals surface area contributed by atoms with Gasteiger partial charge in [-0.25, -0.2) is 0 Å². The Bertz CT molecular complexity index is 520. The Labute approximate surface area is 175 Å². The average Bonchev–Trinajstić information content (AvgIpc) is 2.62. The Morgan fingerprint density at radius 3 is 2.48 bits per heavy atom. The van der Waals surface area contributed by atoms with Crippen LogP contribution in [0.25, 0.3) is 0 Å². The molecule has 154 valence electrons. The third-order valence-electron chi connectivity index (χ3n) is 4.90. The lowest BCUT2D eigenvalue weighted by molar-refractivity contribution is -0.155. The van der Waals surface area contributed by atoms with Gasteiger partial charge in [-0.1, -0.05) is 34.9 Å². The van der Waals surface area contributed by atoms with Crippen LogP contribution in [0.15, 0.2) is 34.9 Å². The molecule has 0 radical (unpaired) electrons. The monoisotopic (exact) mass is 410 g/mol. The molecule has 0 bridgehead atoms. The highest BCUT2D eigenvalue weighted by atomic mass is 32.2. The summed E-state index contributed by atoms with van der Waals surface area (Å²) in [5, 5.41) is 0. The Balaban J connectivity index is 1.74. The van der Waals surface area contributed by atoms with Crippen molar-refractivity contribution in [3.63, 3.8) is 0 Å². The van der Waals surface area contributed by atoms with E-state index in [1.165, 1.54) is 53.9 Å². The van der Waals surface area contributed by atoms with Crippen molar-refractivity contribution in [3.8, 4) is 0 Å². The van der Waals surface area contributed by atoms with Gasteiger partial charge < -0.3 is 9.47 Å². The van der Waals surface area contributed by atoms with E-state index in [0.717, 1.165) is 25.9 Å². The number of allylic oxidation sites excluding steroid dienone is 4. The maximum atomic E-state index is 5.81. The fourth-order valence-electron chi connectivity index (χ4n) is 3.52. The van der Waals surface area contributed by atoms with E-state index in [1.54, 1.807) is 0 Å². The van der Waals surface area contributed by atoms with Gasteiger partial charge in [0.25, 0.3) is 0 Å². The number of rotatable bonds is 9. The quantitative estimate of drug-likeness (QED) is 0.376. The Hall–Kier alpha value is -0.160. The summed E-state index contributed by atoms with van der Waals surface area (Å²) in [5.74, 6) is 2.58. The first-order valence-electron chi connectivity index (χ1n) is 10.5. The van der Waals surface area contributed by atoms with E-state index >= 15 is 0 Å². The smallest absolute Gasteiger partial charge is 0.157 e. The summed E-state index contributed by atoms with van der Waals surface area (Å²) in [5.41, 5.74) is 4.37. The Morgan fingerprint density at radius 1 is 1.04 bits per heavy atom. The first-order valence-corrected chi connectivity index (χ1v) is 12.4. The Morgan fingerprint density at radius 2 is 1.81 bits per heavy atom. The van der Waals surface area contributed by atoms with Crippen molar-refractivity contribution in [2.45, 2.75) is 83.0 Å². The van der Waals surface area contributed by atoms with Crippen LogP contribution >= 0.6 is 23.5 Å². The molecule has 1 unspecified atom stereocenters. The lowest BCUT2D eigenvalue weighted by atomic mass is 10.1. The molecule has 2 fully saturated rings. The van der Waals surface area contributed by atoms with Gasteiger partial charge in [0.05, 0.1) is 10.7 Å². The second kappa shape index (κ2) is 12.4. The summed E-state index contributed by atoms with van der Waals surface area (Å²) in [6.45, 7) is 10.5. The van der Waals surface area contributed by atoms with Crippen LogP contribution in [0.5, 0.6) is 0 Å². The SMILES string of the molecule is CC(C)=CC1(C/C(C)=C/CC/C(C)=C/COC2CCCCO2)SCCCS1. The largest absolute Gasteiger partial charge is 0.353 e. The van der Waals surface area contributed by atoms with Crippen molar-refractivity contribution in [3.05, 3.63) is 34.9 Å². The highest BCUT2D eigenvalue weighted by molar-refractivity contribution is 8.19. The van der Waals surface area contributed by atoms with Crippen molar-refractivity contribution < 1.29 is 9.47 Å². The summed E-state index contributed by atoms with van der Waals surface area (Å²) < 4.78 is 11.7. The van der Waals surface area contributed by atoms with Crippen molar-refractivity contribution in [1.29, 1.82) is 0 Å². The third kappa shape index (κ3) is 9.25. The van der Waals surface area contributed by atoms with Crippen molar-refractivity contribution in [2.24, 2.45) is 0 Å². The molecule has 0 amide bonds. The van der Waals surface area contributed by atoms with Crippen LogP contribution in [0.4, 0.5) is 0 Å². The van der Waals surface area contributed by atoms with E-state index in [0.29, 0.717) is 6.61 Å². The molecular weight excluding hydrogens is 372 g/mol. The zero-order valence-electron chi connectivity index (χ0n) is 17.7. The molecule has 0 aromatic carbocycles. The fraction of sp³-hybridized carbons (Fsp3) is 0.739. The fourth-order valence-corrected chi connectivity index (χ4v) is 7.10. The summed E-state index contributed by atoms with van der Waals surface area (Å²) in [4.78, 5) is 0. The summed E-state index contributed by atoms with van der Waals surface area (Å²) in [6, 6.07) is 0. The van der Waals surface area contributed by atoms with E-state index in [-0.39, 0.29) is 10.4 Å². The maximum absolute atomic E-state index is 5.81. The number of hydrogen-bond donors (Lipinski definition) is 0. The molecule has 2 aliphatic heterocycles. The minimum absolute atomic E-state index is 0.0155. The van der Waals surface area contributed by atoms with Gasteiger partial charge in [0, 0.05) is 6.61 Å². The predicted octanol–water partition coefficient (Wildman–Crippen LogP) is 7.13. The molecule has 0 spiro atoms. The van der Waals surface area contributed by atoms with Gasteiger partial charge >= 0.3 is 0 Å². The lowest BCUT2D eigenvalue weighted by Gasteiger charge is -2.34. The van der Waals surface area contributed by atoms with E-state index in [4.69, 9.17) is 9.47 Å². The van der Waals surface area contributed by atoms with Gasteiger partial charge in [-0.3, -0.25) is 0 Å². The minimum Gasteiger partial charge on any atom is -0.353 e. The molecule has 2 nitrogen and oxygen atoms in total. The van der Waals surface area contributed by atoms with Gasteiger partial charge in [0.1, 0.15) is 0 Å². The highest BCUT2D eigenvalue weighted by Gasteiger charge is 2.31. The molecule has 1 atom stereocenters. The Kier molecular flexibility index (Phi) is 10.6. The zero-order chi connectivity index (χ0) is 19.5. The van der Waals surface area contributed by atoms with Gasteiger partial charge in [-0.15, -0.1) is 23.5 Å². The van der Waals surface area contributed by atoms with E-state index in [2.05, 4.69) is 69.4 Å². The molecule has 0 saturated carbocycles. The standard InChI is InChI=1S/C23H38O2S2/c1-19(2)17-23(26-15-8-16-27-23)18-21(4)10-7-9-20(3)12-14-25-22-11-5-6-13-24-22/h10,12,17,22H,5-9,11,13-16,18H2,1-4H3/b20-12+,21-10+. The number of hydrogen-bond acceptors (Lipinski definition) is 4. The van der Waals surface area contributed by atoms with Crippen molar-refractivity contribution in [1.82, 2.24) is 0 Å². The third-order valence-corrected chi connectivity index (χ3v) is 8.09. The summed E-state index contributed by atoms with van der Waals surface area (Å²) >= 11 is 4.28. The second-order valence-electron chi connectivity index (χ2n) is 8.03. The van der Waals surface area contributed by atoms with Crippen LogP contribution in [0.3, 0.4) is 0 Å². The predicted molar refractivity (Wildman–Crippen MR) is 123 cm³/mol. The molecule has 4 heteroatoms. The van der Waals surface area contributed by atoms with Crippen LogP contribution in [0.1, 0.15) is 72.6 Å². The normalized spacial score (nSPS) is 23.9. The summed E-state index contributed by atoms with van der Waals surface area (Å²) in [7, 11) is 0. The molecule has 0 aromatic heterocycles. The van der Waals surface area contributed by atoms with Crippen LogP contribution in [-0.4, -0.2) is 35.1 Å². The zero-order valence-corrected chi connectivity index (χ0v) is 19.4. The second-order valence-corrected chi connectivity index (χ2v) is 11.1. The van der Waals surface area contributed by atoms with Crippen LogP contribution in [-0.2, 0) is 9.47 Å². The van der Waals surface area contributed by atoms with Gasteiger partial charge in [0.15, 0.2) is 6.29 Å². The number of ether oxygens (including phenoxy) is 2. The highest BCUT2D eigenvalue weighted by Crippen LogP contribution is 2.48. The molecule has 0 N–H and O–H groups in total. The van der Waals surface area contributed by atoms with Gasteiger partial charge in [-0.05, 0) is 84.1 Å². The average molecular weight is 411 g/mol. The van der Waals surface area contributed by atoms with Crippen molar-refractivity contribution in [2.75, 3.05) is 24.7 Å². The van der Waals surface area contributed by atoms with Crippen molar-refractivity contribution >= 4 is 23.5 Å². The van der Waals surface area contributed by atoms with Gasteiger partial charge in [0.2, 0.25) is 0 Å². The van der Waals surface area contributed by atoms with Crippen LogP contribution < -0.4 is 0 Å². The lowest BCUT2D eigenvalue weighted by Crippen LogP contribution is -2.23. The minimum atomic E-state index is 0.0155. The molecule has 0 aromatic rings. The number of thioether (sulfide) groups is 2. The van der Waals surface area contributed by atoms with E-state index in [9.17, 15) is 0 Å². The van der Waals surface area contributed by atoms with Crippen LogP contribution in [0, 0.1) is 0 Å². The summed E-state index contributed by atoms with van der Waals surface area (Å²) in [6.07, 6.45) is 15.4. The molecule has 2 heterocycles. The first kappa shape index (κ1) is 23.1.